The first-order valence-electron chi connectivity index (χ1n) is 43.0. The predicted molar refractivity (Wildman–Crippen MR) is 418 cm³/mol. The molecule has 0 radical (unpaired) electrons. The normalized spacial score (nSPS) is 13.9. The fourth-order valence-corrected chi connectivity index (χ4v) is 14.5. The van der Waals surface area contributed by atoms with E-state index < -0.39 is 97.5 Å². The van der Waals surface area contributed by atoms with Crippen LogP contribution in [0.25, 0.3) is 0 Å². The van der Waals surface area contributed by atoms with E-state index in [0.29, 0.717) is 25.7 Å². The average molecular weight is 1490 g/mol. The number of carbonyl (C=O) groups is 4. The summed E-state index contributed by atoms with van der Waals surface area (Å²) in [7, 11) is -9.92. The predicted octanol–water partition coefficient (Wildman–Crippen LogP) is 25.1. The van der Waals surface area contributed by atoms with E-state index in [1.54, 1.807) is 0 Å². The minimum absolute atomic E-state index is 0.107. The highest BCUT2D eigenvalue weighted by atomic mass is 31.2. The number of aliphatic hydroxyl groups excluding tert-OH is 1. The number of ether oxygens (including phenoxy) is 4. The van der Waals surface area contributed by atoms with E-state index >= 15 is 0 Å². The first-order valence-corrected chi connectivity index (χ1v) is 46.0. The summed E-state index contributed by atoms with van der Waals surface area (Å²) in [5.41, 5.74) is 0. The number of esters is 4. The number of hydrogen-bond acceptors (Lipinski definition) is 15. The second-order valence-electron chi connectivity index (χ2n) is 30.8. The van der Waals surface area contributed by atoms with E-state index in [4.69, 9.17) is 37.0 Å². The molecule has 606 valence electrons. The van der Waals surface area contributed by atoms with E-state index in [2.05, 4.69) is 41.5 Å². The second kappa shape index (κ2) is 74.5. The van der Waals surface area contributed by atoms with Gasteiger partial charge in [-0.25, -0.2) is 9.13 Å². The number of carbonyl (C=O) groups excluding carboxylic acids is 4. The van der Waals surface area contributed by atoms with Crippen molar-refractivity contribution in [2.45, 2.75) is 458 Å². The number of aliphatic hydroxyl groups is 1. The van der Waals surface area contributed by atoms with Crippen LogP contribution in [0.2, 0.25) is 0 Å². The van der Waals surface area contributed by atoms with Gasteiger partial charge >= 0.3 is 39.5 Å². The van der Waals surface area contributed by atoms with Crippen LogP contribution in [0.15, 0.2) is 0 Å². The molecule has 0 aromatic heterocycles. The van der Waals surface area contributed by atoms with E-state index in [0.717, 1.165) is 102 Å². The number of rotatable bonds is 82. The van der Waals surface area contributed by atoms with Crippen molar-refractivity contribution in [1.82, 2.24) is 0 Å². The summed E-state index contributed by atoms with van der Waals surface area (Å²) in [6.07, 6.45) is 65.3. The Morgan fingerprint density at radius 2 is 0.451 bits per heavy atom. The molecule has 17 nitrogen and oxygen atoms in total. The molecule has 0 rings (SSSR count). The van der Waals surface area contributed by atoms with Crippen LogP contribution in [0, 0.1) is 11.8 Å². The number of unbranched alkanes of at least 4 members (excludes halogenated alkanes) is 52. The fourth-order valence-electron chi connectivity index (χ4n) is 12.9. The van der Waals surface area contributed by atoms with E-state index in [1.165, 1.54) is 257 Å². The molecule has 0 aromatic carbocycles. The first kappa shape index (κ1) is 100. The van der Waals surface area contributed by atoms with Crippen LogP contribution in [-0.4, -0.2) is 96.7 Å². The third-order valence-corrected chi connectivity index (χ3v) is 21.4. The molecule has 0 heterocycles. The summed E-state index contributed by atoms with van der Waals surface area (Å²) in [5.74, 6) is -0.536. The Bertz CT molecular complexity index is 1960. The van der Waals surface area contributed by atoms with Gasteiger partial charge in [0.2, 0.25) is 0 Å². The molecule has 0 saturated carbocycles. The number of phosphoric acid groups is 2. The van der Waals surface area contributed by atoms with Crippen molar-refractivity contribution >= 4 is 39.5 Å². The van der Waals surface area contributed by atoms with Crippen LogP contribution in [0.5, 0.6) is 0 Å². The zero-order chi connectivity index (χ0) is 74.9. The Morgan fingerprint density at radius 1 is 0.265 bits per heavy atom. The molecule has 0 spiro atoms. The molecule has 0 amide bonds. The first-order chi connectivity index (χ1) is 49.4. The summed E-state index contributed by atoms with van der Waals surface area (Å²) >= 11 is 0. The van der Waals surface area contributed by atoms with Gasteiger partial charge in [0, 0.05) is 25.7 Å². The van der Waals surface area contributed by atoms with Crippen LogP contribution in [0.4, 0.5) is 0 Å². The highest BCUT2D eigenvalue weighted by Crippen LogP contribution is 2.45. The monoisotopic (exact) mass is 1490 g/mol. The summed E-state index contributed by atoms with van der Waals surface area (Å²) in [4.78, 5) is 73.0. The largest absolute Gasteiger partial charge is 0.472 e. The molecule has 102 heavy (non-hydrogen) atoms. The molecule has 0 fully saturated rings. The van der Waals surface area contributed by atoms with Crippen LogP contribution >= 0.6 is 15.6 Å². The van der Waals surface area contributed by atoms with Gasteiger partial charge in [-0.05, 0) is 37.5 Å². The van der Waals surface area contributed by atoms with Gasteiger partial charge in [-0.3, -0.25) is 37.3 Å². The minimum Gasteiger partial charge on any atom is -0.462 e. The molecule has 5 atom stereocenters. The molecule has 0 aliphatic rings. The lowest BCUT2D eigenvalue weighted by atomic mass is 10.0. The highest BCUT2D eigenvalue weighted by Gasteiger charge is 2.30. The molecular weight excluding hydrogens is 1330 g/mol. The summed E-state index contributed by atoms with van der Waals surface area (Å²) in [5, 5.41) is 10.6. The lowest BCUT2D eigenvalue weighted by Crippen LogP contribution is -2.30. The van der Waals surface area contributed by atoms with Crippen molar-refractivity contribution in [2.24, 2.45) is 11.8 Å². The van der Waals surface area contributed by atoms with Crippen LogP contribution in [0.3, 0.4) is 0 Å². The molecule has 0 aromatic rings. The zero-order valence-corrected chi connectivity index (χ0v) is 68.7. The Morgan fingerprint density at radius 3 is 0.667 bits per heavy atom. The lowest BCUT2D eigenvalue weighted by Gasteiger charge is -2.21. The van der Waals surface area contributed by atoms with Crippen molar-refractivity contribution < 1.29 is 80.2 Å². The maximum absolute atomic E-state index is 13.1. The van der Waals surface area contributed by atoms with Gasteiger partial charge < -0.3 is 33.8 Å². The van der Waals surface area contributed by atoms with Gasteiger partial charge in [0.05, 0.1) is 26.4 Å². The standard InChI is InChI=1S/C83H162O17P2/c1-7-9-11-13-15-17-18-19-20-21-22-23-24-25-28-32-37-43-49-55-61-67-82(87)100-79(72-94-81(86)66-60-54-48-42-36-31-29-26-27-30-34-40-45-51-57-63-75(3)4)74-98-102(91,92)96-70-77(84)69-95-101(89,90)97-73-78(71-93-80(85)65-59-53-47-39-16-14-12-10-8-2)99-83(88)68-62-56-50-44-38-33-35-41-46-52-58-64-76(5)6/h75-79,84H,7-74H2,1-6H3,(H,89,90)(H,91,92)/t77-,78+,79+/m0/s1. The lowest BCUT2D eigenvalue weighted by molar-refractivity contribution is -0.161. The molecule has 2 unspecified atom stereocenters. The van der Waals surface area contributed by atoms with E-state index in [9.17, 15) is 43.2 Å². The average Bonchev–Trinajstić information content (AvgIpc) is 0.915. The van der Waals surface area contributed by atoms with Crippen LogP contribution in [-0.2, 0) is 65.4 Å². The van der Waals surface area contributed by atoms with Crippen molar-refractivity contribution in [2.75, 3.05) is 39.6 Å². The van der Waals surface area contributed by atoms with Crippen LogP contribution in [0.1, 0.15) is 440 Å². The maximum Gasteiger partial charge on any atom is 0.472 e. The molecular formula is C83H162O17P2. The van der Waals surface area contributed by atoms with Crippen LogP contribution < -0.4 is 0 Å². The van der Waals surface area contributed by atoms with Crippen molar-refractivity contribution in [3.63, 3.8) is 0 Å². The topological polar surface area (TPSA) is 237 Å². The quantitative estimate of drug-likeness (QED) is 0.0222. The van der Waals surface area contributed by atoms with Gasteiger partial charge in [0.25, 0.3) is 0 Å². The SMILES string of the molecule is CCCCCCCCCCCCCCCCCCCCCCCC(=O)O[C@H](COC(=O)CCCCCCCCCCCCCCCCCC(C)C)COP(=O)(O)OC[C@@H](O)COP(=O)(O)OC[C@@H](COC(=O)CCCCCCCCCCC)OC(=O)CCCCCCCCCCCCCC(C)C. The van der Waals surface area contributed by atoms with Gasteiger partial charge in [0.1, 0.15) is 19.3 Å². The van der Waals surface area contributed by atoms with Gasteiger partial charge in [0.15, 0.2) is 12.2 Å². The van der Waals surface area contributed by atoms with Gasteiger partial charge in [-0.2, -0.15) is 0 Å². The number of hydrogen-bond donors (Lipinski definition) is 3. The van der Waals surface area contributed by atoms with Crippen molar-refractivity contribution in [3.05, 3.63) is 0 Å². The third kappa shape index (κ3) is 76.3. The second-order valence-corrected chi connectivity index (χ2v) is 33.7. The van der Waals surface area contributed by atoms with Crippen molar-refractivity contribution in [1.29, 1.82) is 0 Å². The molecule has 0 aliphatic heterocycles. The Labute approximate surface area is 626 Å². The fraction of sp³-hybridized carbons (Fsp3) is 0.952. The van der Waals surface area contributed by atoms with Gasteiger partial charge in [-0.15, -0.1) is 0 Å². The third-order valence-electron chi connectivity index (χ3n) is 19.5. The van der Waals surface area contributed by atoms with Crippen molar-refractivity contribution in [3.8, 4) is 0 Å². The molecule has 0 bridgehead atoms. The highest BCUT2D eigenvalue weighted by molar-refractivity contribution is 7.47. The maximum atomic E-state index is 13.1. The molecule has 0 saturated heterocycles. The Kier molecular flexibility index (Phi) is 73.1. The molecule has 3 N–H and O–H groups in total. The summed E-state index contributed by atoms with van der Waals surface area (Å²) < 4.78 is 68.7. The Hall–Kier alpha value is -1.94. The Balaban J connectivity index is 5.21. The number of phosphoric ester groups is 2. The summed E-state index contributed by atoms with van der Waals surface area (Å²) in [6.45, 7) is 9.66. The molecule has 19 heteroatoms. The van der Waals surface area contributed by atoms with E-state index in [1.807, 2.05) is 0 Å². The summed E-state index contributed by atoms with van der Waals surface area (Å²) in [6, 6.07) is 0. The molecule has 0 aliphatic carbocycles. The van der Waals surface area contributed by atoms with Gasteiger partial charge in [-0.1, -0.05) is 388 Å². The van der Waals surface area contributed by atoms with E-state index in [-0.39, 0.29) is 25.7 Å². The zero-order valence-electron chi connectivity index (χ0n) is 66.9. The smallest absolute Gasteiger partial charge is 0.462 e. The minimum atomic E-state index is -4.96.